The molecule has 5 rings (SSSR count). The second-order valence-electron chi connectivity index (χ2n) is 7.72. The Morgan fingerprint density at radius 3 is 1.91 bits per heavy atom. The minimum Gasteiger partial charge on any atom is -0.508 e. The van der Waals surface area contributed by atoms with Crippen LogP contribution in [0.2, 0.25) is 0 Å². The van der Waals surface area contributed by atoms with E-state index in [4.69, 9.17) is 31.2 Å². The number of esters is 1. The quantitative estimate of drug-likeness (QED) is 0.295. The fourth-order valence-electron chi connectivity index (χ4n) is 3.65. The molecule has 35 heavy (non-hydrogen) atoms. The van der Waals surface area contributed by atoms with Crippen LogP contribution >= 0.6 is 0 Å². The molecule has 1 spiro atoms. The van der Waals surface area contributed by atoms with Crippen LogP contribution in [0.1, 0.15) is 34.0 Å². The SMILES string of the molecule is CC(N)C(=O)O.NCCO.O=C1OC2(c3ccc(O)cc3Oc3cc(O)ccc32)c2ccccc21. The summed E-state index contributed by atoms with van der Waals surface area (Å²) in [4.78, 5) is 22.1. The van der Waals surface area contributed by atoms with Gasteiger partial charge in [0, 0.05) is 35.4 Å². The fraction of sp³-hybridized carbons (Fsp3) is 0.200. The minimum atomic E-state index is -1.17. The van der Waals surface area contributed by atoms with E-state index in [2.05, 4.69) is 0 Å². The van der Waals surface area contributed by atoms with Crippen LogP contribution in [0.15, 0.2) is 60.7 Å². The van der Waals surface area contributed by atoms with E-state index in [9.17, 15) is 19.8 Å². The Morgan fingerprint density at radius 1 is 0.971 bits per heavy atom. The Bertz CT molecular complexity index is 1190. The van der Waals surface area contributed by atoms with E-state index in [0.717, 1.165) is 0 Å². The van der Waals surface area contributed by atoms with Gasteiger partial charge in [0.05, 0.1) is 12.2 Å². The number of phenolic OH excluding ortho intramolecular Hbond substituents is 2. The zero-order valence-electron chi connectivity index (χ0n) is 18.8. The molecule has 0 aliphatic carbocycles. The van der Waals surface area contributed by atoms with Crippen molar-refractivity contribution in [3.63, 3.8) is 0 Å². The number of carboxylic acids is 1. The molecule has 1 unspecified atom stereocenters. The summed E-state index contributed by atoms with van der Waals surface area (Å²) in [5.74, 6) is -0.555. The Balaban J connectivity index is 0.000000293. The van der Waals surface area contributed by atoms with Gasteiger partial charge in [-0.3, -0.25) is 4.79 Å². The number of carbonyl (C=O) groups is 2. The van der Waals surface area contributed by atoms with Gasteiger partial charge in [0.2, 0.25) is 0 Å². The number of carboxylic acid groups (broad SMARTS) is 1. The first kappa shape index (κ1) is 25.5. The zero-order valence-corrected chi connectivity index (χ0v) is 18.8. The van der Waals surface area contributed by atoms with E-state index >= 15 is 0 Å². The molecule has 1 atom stereocenters. The molecule has 0 aromatic heterocycles. The fourth-order valence-corrected chi connectivity index (χ4v) is 3.65. The second kappa shape index (κ2) is 10.4. The van der Waals surface area contributed by atoms with Crippen LogP contribution in [0.25, 0.3) is 0 Å². The number of aromatic hydroxyl groups is 2. The van der Waals surface area contributed by atoms with Gasteiger partial charge in [0.1, 0.15) is 29.0 Å². The molecule has 2 aliphatic rings. The molecule has 0 saturated heterocycles. The van der Waals surface area contributed by atoms with Crippen LogP contribution in [0.4, 0.5) is 0 Å². The van der Waals surface area contributed by atoms with Crippen LogP contribution < -0.4 is 16.2 Å². The third-order valence-electron chi connectivity index (χ3n) is 5.20. The largest absolute Gasteiger partial charge is 0.508 e. The lowest BCUT2D eigenvalue weighted by atomic mass is 9.77. The molecular formula is C25H26N2O8. The predicted octanol–water partition coefficient (Wildman–Crippen LogP) is 2.02. The first-order chi connectivity index (χ1) is 16.6. The number of benzene rings is 3. The normalized spacial score (nSPS) is 14.5. The summed E-state index contributed by atoms with van der Waals surface area (Å²) in [5.41, 5.74) is 10.9. The first-order valence-electron chi connectivity index (χ1n) is 10.6. The van der Waals surface area contributed by atoms with Crippen molar-refractivity contribution >= 4 is 11.9 Å². The Kier molecular flexibility index (Phi) is 7.60. The molecule has 0 saturated carbocycles. The highest BCUT2D eigenvalue weighted by Crippen LogP contribution is 2.56. The lowest BCUT2D eigenvalue weighted by molar-refractivity contribution is -0.138. The van der Waals surface area contributed by atoms with Crippen molar-refractivity contribution in [2.45, 2.75) is 18.6 Å². The van der Waals surface area contributed by atoms with Gasteiger partial charge in [-0.05, 0) is 37.3 Å². The zero-order chi connectivity index (χ0) is 25.8. The Hall–Kier alpha value is -4.12. The molecule has 0 fully saturated rings. The van der Waals surface area contributed by atoms with Crippen LogP contribution in [0, 0.1) is 0 Å². The molecule has 2 aliphatic heterocycles. The van der Waals surface area contributed by atoms with Crippen molar-refractivity contribution in [1.82, 2.24) is 0 Å². The number of nitrogens with two attached hydrogens (primary N) is 2. The summed E-state index contributed by atoms with van der Waals surface area (Å²) in [6, 6.07) is 15.9. The number of aliphatic carboxylic acids is 1. The molecule has 8 N–H and O–H groups in total. The highest BCUT2D eigenvalue weighted by Gasteiger charge is 2.53. The van der Waals surface area contributed by atoms with Crippen LogP contribution in [0.3, 0.4) is 0 Å². The van der Waals surface area contributed by atoms with Crippen molar-refractivity contribution in [1.29, 1.82) is 0 Å². The molecule has 184 valence electrons. The molecule has 0 bridgehead atoms. The molecule has 0 radical (unpaired) electrons. The maximum atomic E-state index is 12.5. The summed E-state index contributed by atoms with van der Waals surface area (Å²) in [6.07, 6.45) is 0. The summed E-state index contributed by atoms with van der Waals surface area (Å²) >= 11 is 0. The Morgan fingerprint density at radius 2 is 1.46 bits per heavy atom. The maximum absolute atomic E-state index is 12.5. The van der Waals surface area contributed by atoms with Crippen LogP contribution in [0.5, 0.6) is 23.0 Å². The molecule has 10 heteroatoms. The first-order valence-corrected chi connectivity index (χ1v) is 10.6. The lowest BCUT2D eigenvalue weighted by Gasteiger charge is -2.36. The molecular weight excluding hydrogens is 456 g/mol. The van der Waals surface area contributed by atoms with Crippen LogP contribution in [-0.4, -0.2) is 51.6 Å². The highest BCUT2D eigenvalue weighted by molar-refractivity contribution is 5.97. The van der Waals surface area contributed by atoms with Gasteiger partial charge in [0.15, 0.2) is 5.60 Å². The van der Waals surface area contributed by atoms with Crippen molar-refractivity contribution in [2.24, 2.45) is 11.5 Å². The number of phenols is 2. The van der Waals surface area contributed by atoms with Gasteiger partial charge in [-0.25, -0.2) is 4.79 Å². The topological polar surface area (TPSA) is 186 Å². The van der Waals surface area contributed by atoms with E-state index in [1.54, 1.807) is 24.3 Å². The second-order valence-corrected chi connectivity index (χ2v) is 7.72. The van der Waals surface area contributed by atoms with Gasteiger partial charge in [-0.15, -0.1) is 0 Å². The minimum absolute atomic E-state index is 0.0371. The van der Waals surface area contributed by atoms with E-state index < -0.39 is 23.6 Å². The molecule has 3 aromatic rings. The van der Waals surface area contributed by atoms with Gasteiger partial charge in [-0.2, -0.15) is 0 Å². The van der Waals surface area contributed by atoms with Crippen molar-refractivity contribution in [2.75, 3.05) is 13.2 Å². The smallest absolute Gasteiger partial charge is 0.340 e. The third-order valence-corrected chi connectivity index (χ3v) is 5.20. The van der Waals surface area contributed by atoms with E-state index in [1.807, 2.05) is 12.1 Å². The predicted molar refractivity (Wildman–Crippen MR) is 125 cm³/mol. The van der Waals surface area contributed by atoms with E-state index in [1.165, 1.54) is 31.2 Å². The summed E-state index contributed by atoms with van der Waals surface area (Å²) in [7, 11) is 0. The monoisotopic (exact) mass is 482 g/mol. The summed E-state index contributed by atoms with van der Waals surface area (Å²) < 4.78 is 11.8. The average Bonchev–Trinajstić information content (AvgIpc) is 3.12. The van der Waals surface area contributed by atoms with Gasteiger partial charge in [0.25, 0.3) is 0 Å². The van der Waals surface area contributed by atoms with Crippen molar-refractivity contribution in [3.05, 3.63) is 82.9 Å². The third kappa shape index (κ3) is 4.90. The number of ether oxygens (including phenoxy) is 2. The molecule has 2 heterocycles. The highest BCUT2D eigenvalue weighted by atomic mass is 16.6. The summed E-state index contributed by atoms with van der Waals surface area (Å²) in [6.45, 7) is 1.89. The number of hydrogen-bond donors (Lipinski definition) is 6. The number of fused-ring (bicyclic) bond motifs is 6. The van der Waals surface area contributed by atoms with Crippen molar-refractivity contribution < 1.29 is 39.5 Å². The number of aliphatic hydroxyl groups is 1. The number of carbonyl (C=O) groups excluding carboxylic acids is 1. The number of rotatable bonds is 2. The van der Waals surface area contributed by atoms with Crippen molar-refractivity contribution in [3.8, 4) is 23.0 Å². The van der Waals surface area contributed by atoms with Crippen LogP contribution in [-0.2, 0) is 15.1 Å². The average molecular weight is 482 g/mol. The van der Waals surface area contributed by atoms with E-state index in [0.29, 0.717) is 40.3 Å². The lowest BCUT2D eigenvalue weighted by Crippen LogP contribution is -2.32. The van der Waals surface area contributed by atoms with Gasteiger partial charge >= 0.3 is 11.9 Å². The van der Waals surface area contributed by atoms with Gasteiger partial charge < -0.3 is 41.4 Å². The molecule has 10 nitrogen and oxygen atoms in total. The Labute approximate surface area is 201 Å². The van der Waals surface area contributed by atoms with Gasteiger partial charge in [-0.1, -0.05) is 18.2 Å². The summed E-state index contributed by atoms with van der Waals surface area (Å²) in [5, 5.41) is 35.3. The molecule has 3 aromatic carbocycles. The maximum Gasteiger partial charge on any atom is 0.340 e. The number of aliphatic hydroxyl groups excluding tert-OH is 1. The molecule has 0 amide bonds. The standard InChI is InChI=1S/C20H12O5.C3H7NO2.C2H7NO/c21-11-5-7-15-17(9-11)24-18-10-12(22)6-8-16(18)20(15)14-4-2-1-3-13(14)19(23)25-20;1-2(4)3(5)6;3-1-2-4/h1-10,21-22H;2H,4H2,1H3,(H,5,6);4H,1-3H2. The van der Waals surface area contributed by atoms with E-state index in [-0.39, 0.29) is 18.1 Å². The number of hydrogen-bond acceptors (Lipinski definition) is 9.